The molecule has 0 spiro atoms. The van der Waals surface area contributed by atoms with Gasteiger partial charge in [-0.15, -0.1) is 11.3 Å². The molecular weight excluding hydrogens is 318 g/mol. The van der Waals surface area contributed by atoms with Crippen LogP contribution in [0.3, 0.4) is 0 Å². The summed E-state index contributed by atoms with van der Waals surface area (Å²) in [5, 5.41) is 4.32. The SMILES string of the molecule is Cc1nc(C)c(-c2ccnc(Nc3ccc([N+](C)(C)C)cc3)n2)s1. The average molecular weight is 340 g/mol. The number of aryl methyl sites for hydroxylation is 2. The lowest BCUT2D eigenvalue weighted by atomic mass is 10.2. The van der Waals surface area contributed by atoms with Crippen LogP contribution in [0.15, 0.2) is 36.5 Å². The highest BCUT2D eigenvalue weighted by atomic mass is 32.1. The second-order valence-corrected chi connectivity index (χ2v) is 7.80. The van der Waals surface area contributed by atoms with Crippen molar-refractivity contribution in [2.75, 3.05) is 26.5 Å². The van der Waals surface area contributed by atoms with Crippen molar-refractivity contribution in [2.24, 2.45) is 0 Å². The Labute approximate surface area is 146 Å². The Morgan fingerprint density at radius 1 is 0.958 bits per heavy atom. The lowest BCUT2D eigenvalue weighted by Gasteiger charge is -2.23. The summed E-state index contributed by atoms with van der Waals surface area (Å²) in [5.41, 5.74) is 4.13. The fourth-order valence-corrected chi connectivity index (χ4v) is 3.33. The molecule has 5 nitrogen and oxygen atoms in total. The van der Waals surface area contributed by atoms with E-state index in [4.69, 9.17) is 0 Å². The fraction of sp³-hybridized carbons (Fsp3) is 0.278. The van der Waals surface area contributed by atoms with Gasteiger partial charge in [-0.3, -0.25) is 4.48 Å². The van der Waals surface area contributed by atoms with Gasteiger partial charge in [0.05, 0.1) is 42.4 Å². The van der Waals surface area contributed by atoms with Gasteiger partial charge in [0.1, 0.15) is 5.69 Å². The van der Waals surface area contributed by atoms with Gasteiger partial charge in [0.2, 0.25) is 5.95 Å². The van der Waals surface area contributed by atoms with Crippen LogP contribution < -0.4 is 9.80 Å². The van der Waals surface area contributed by atoms with E-state index in [-0.39, 0.29) is 0 Å². The maximum absolute atomic E-state index is 4.63. The zero-order valence-electron chi connectivity index (χ0n) is 14.7. The van der Waals surface area contributed by atoms with Crippen molar-refractivity contribution in [2.45, 2.75) is 13.8 Å². The van der Waals surface area contributed by atoms with E-state index in [0.29, 0.717) is 5.95 Å². The molecule has 0 atom stereocenters. The average Bonchev–Trinajstić information content (AvgIpc) is 2.86. The smallest absolute Gasteiger partial charge is 0.227 e. The van der Waals surface area contributed by atoms with E-state index in [2.05, 4.69) is 65.7 Å². The van der Waals surface area contributed by atoms with Crippen molar-refractivity contribution < 1.29 is 0 Å². The van der Waals surface area contributed by atoms with Crippen LogP contribution >= 0.6 is 11.3 Å². The van der Waals surface area contributed by atoms with E-state index in [1.807, 2.05) is 19.9 Å². The highest BCUT2D eigenvalue weighted by molar-refractivity contribution is 7.15. The predicted octanol–water partition coefficient (Wildman–Crippen LogP) is 4.16. The van der Waals surface area contributed by atoms with E-state index in [1.165, 1.54) is 5.69 Å². The molecule has 0 saturated heterocycles. The summed E-state index contributed by atoms with van der Waals surface area (Å²) >= 11 is 1.66. The van der Waals surface area contributed by atoms with Gasteiger partial charge in [-0.05, 0) is 32.0 Å². The van der Waals surface area contributed by atoms with Crippen molar-refractivity contribution in [1.29, 1.82) is 0 Å². The number of aromatic nitrogens is 3. The molecule has 0 aliphatic heterocycles. The van der Waals surface area contributed by atoms with Crippen LogP contribution in [0.2, 0.25) is 0 Å². The monoisotopic (exact) mass is 340 g/mol. The van der Waals surface area contributed by atoms with Crippen LogP contribution in [0.1, 0.15) is 10.7 Å². The molecule has 0 amide bonds. The normalized spacial score (nSPS) is 11.5. The van der Waals surface area contributed by atoms with Gasteiger partial charge in [0, 0.05) is 24.0 Å². The number of thiazole rings is 1. The van der Waals surface area contributed by atoms with Crippen LogP contribution in [0.25, 0.3) is 10.6 Å². The number of nitrogens with zero attached hydrogens (tertiary/aromatic N) is 4. The van der Waals surface area contributed by atoms with Crippen LogP contribution in [0.5, 0.6) is 0 Å². The van der Waals surface area contributed by atoms with E-state index in [0.717, 1.165) is 31.4 Å². The first-order chi connectivity index (χ1) is 11.3. The third kappa shape index (κ3) is 3.60. The molecule has 2 heterocycles. The quantitative estimate of drug-likeness (QED) is 0.725. The Hall–Kier alpha value is -2.31. The summed E-state index contributed by atoms with van der Waals surface area (Å²) in [4.78, 5) is 14.5. The van der Waals surface area contributed by atoms with Gasteiger partial charge in [-0.1, -0.05) is 0 Å². The van der Waals surface area contributed by atoms with Crippen LogP contribution in [0, 0.1) is 13.8 Å². The summed E-state index contributed by atoms with van der Waals surface area (Å²) in [7, 11) is 6.44. The molecule has 6 heteroatoms. The lowest BCUT2D eigenvalue weighted by molar-refractivity contribution is 0.486. The highest BCUT2D eigenvalue weighted by Crippen LogP contribution is 2.29. The maximum Gasteiger partial charge on any atom is 0.227 e. The first-order valence-electron chi connectivity index (χ1n) is 7.79. The van der Waals surface area contributed by atoms with E-state index in [1.54, 1.807) is 17.5 Å². The molecule has 0 radical (unpaired) electrons. The van der Waals surface area contributed by atoms with Gasteiger partial charge in [-0.25, -0.2) is 15.0 Å². The van der Waals surface area contributed by atoms with Gasteiger partial charge in [0.15, 0.2) is 0 Å². The summed E-state index contributed by atoms with van der Waals surface area (Å²) in [6.07, 6.45) is 1.78. The third-order valence-corrected chi connectivity index (χ3v) is 4.79. The topological polar surface area (TPSA) is 50.7 Å². The standard InChI is InChI=1S/C18H22N5S/c1-12-17(24-13(2)20-12)16-10-11-19-18(22-16)21-14-6-8-15(9-7-14)23(3,4)5/h6-11H,1-5H3,(H,19,21,22)/q+1. The Kier molecular flexibility index (Phi) is 4.34. The summed E-state index contributed by atoms with van der Waals surface area (Å²) in [6.45, 7) is 4.02. The summed E-state index contributed by atoms with van der Waals surface area (Å²) in [6, 6.07) is 10.3. The van der Waals surface area contributed by atoms with Gasteiger partial charge >= 0.3 is 0 Å². The first kappa shape index (κ1) is 16.5. The Morgan fingerprint density at radius 3 is 2.25 bits per heavy atom. The Bertz CT molecular complexity index is 847. The number of rotatable bonds is 4. The molecule has 124 valence electrons. The molecule has 24 heavy (non-hydrogen) atoms. The molecule has 0 aliphatic rings. The van der Waals surface area contributed by atoms with Crippen LogP contribution in [-0.2, 0) is 0 Å². The minimum atomic E-state index is 0.593. The van der Waals surface area contributed by atoms with Gasteiger partial charge in [-0.2, -0.15) is 0 Å². The largest absolute Gasteiger partial charge is 0.324 e. The number of nitrogens with one attached hydrogen (secondary N) is 1. The second-order valence-electron chi connectivity index (χ2n) is 6.60. The van der Waals surface area contributed by atoms with Crippen molar-refractivity contribution in [1.82, 2.24) is 19.4 Å². The van der Waals surface area contributed by atoms with Gasteiger partial charge < -0.3 is 5.32 Å². The molecule has 0 saturated carbocycles. The summed E-state index contributed by atoms with van der Waals surface area (Å²) in [5.74, 6) is 0.593. The van der Waals surface area contributed by atoms with Crippen molar-refractivity contribution in [3.63, 3.8) is 0 Å². The molecule has 3 rings (SSSR count). The fourth-order valence-electron chi connectivity index (χ4n) is 2.44. The number of hydrogen-bond acceptors (Lipinski definition) is 5. The van der Waals surface area contributed by atoms with E-state index < -0.39 is 0 Å². The summed E-state index contributed by atoms with van der Waals surface area (Å²) < 4.78 is 0.788. The van der Waals surface area contributed by atoms with Crippen molar-refractivity contribution in [3.05, 3.63) is 47.2 Å². The molecule has 1 N–H and O–H groups in total. The van der Waals surface area contributed by atoms with Crippen molar-refractivity contribution in [3.8, 4) is 10.6 Å². The Morgan fingerprint density at radius 2 is 1.67 bits per heavy atom. The Balaban J connectivity index is 1.84. The highest BCUT2D eigenvalue weighted by Gasteiger charge is 2.12. The first-order valence-corrected chi connectivity index (χ1v) is 8.61. The number of benzene rings is 1. The van der Waals surface area contributed by atoms with E-state index in [9.17, 15) is 0 Å². The van der Waals surface area contributed by atoms with E-state index >= 15 is 0 Å². The third-order valence-electron chi connectivity index (χ3n) is 3.69. The zero-order chi connectivity index (χ0) is 17.3. The zero-order valence-corrected chi connectivity index (χ0v) is 15.5. The van der Waals surface area contributed by atoms with Gasteiger partial charge in [0.25, 0.3) is 0 Å². The maximum atomic E-state index is 4.63. The minimum absolute atomic E-state index is 0.593. The second kappa shape index (κ2) is 6.30. The van der Waals surface area contributed by atoms with Crippen LogP contribution in [-0.4, -0.2) is 36.1 Å². The minimum Gasteiger partial charge on any atom is -0.324 e. The number of quaternary nitrogens is 1. The number of anilines is 2. The molecule has 0 bridgehead atoms. The molecule has 0 aliphatic carbocycles. The molecular formula is C18H22N5S+. The molecule has 1 aromatic carbocycles. The van der Waals surface area contributed by atoms with Crippen molar-refractivity contribution >= 4 is 28.7 Å². The molecule has 0 unspecified atom stereocenters. The van der Waals surface area contributed by atoms with Crippen LogP contribution in [0.4, 0.5) is 17.3 Å². The molecule has 2 aromatic heterocycles. The molecule has 0 fully saturated rings. The molecule has 3 aromatic rings. The lowest BCUT2D eigenvalue weighted by Crippen LogP contribution is -2.34. The predicted molar refractivity (Wildman–Crippen MR) is 102 cm³/mol. The number of hydrogen-bond donors (Lipinski definition) is 1.